The highest BCUT2D eigenvalue weighted by molar-refractivity contribution is 7.80. The van der Waals surface area contributed by atoms with Crippen molar-refractivity contribution < 1.29 is 4.74 Å². The third-order valence-corrected chi connectivity index (χ3v) is 2.98. The Kier molecular flexibility index (Phi) is 5.29. The van der Waals surface area contributed by atoms with Gasteiger partial charge < -0.3 is 10.1 Å². The number of para-hydroxylation sites is 1. The highest BCUT2D eigenvalue weighted by Crippen LogP contribution is 2.14. The Morgan fingerprint density at radius 2 is 2.00 bits per heavy atom. The van der Waals surface area contributed by atoms with Crippen LogP contribution < -0.4 is 15.5 Å². The first-order valence-electron chi connectivity index (χ1n) is 6.49. The van der Waals surface area contributed by atoms with Gasteiger partial charge in [-0.25, -0.2) is 0 Å². The molecule has 4 nitrogen and oxygen atoms in total. The number of rotatable bonds is 4. The summed E-state index contributed by atoms with van der Waals surface area (Å²) < 4.78 is 5.24. The fraction of sp³-hybridized carbons (Fsp3) is 0.125. The lowest BCUT2D eigenvalue weighted by molar-refractivity contribution is 0.414. The van der Waals surface area contributed by atoms with Crippen LogP contribution in [0.15, 0.2) is 53.6 Å². The summed E-state index contributed by atoms with van der Waals surface area (Å²) in [6.45, 7) is 2.03. The van der Waals surface area contributed by atoms with Gasteiger partial charge in [0.15, 0.2) is 5.11 Å². The number of nitrogens with one attached hydrogen (secondary N) is 2. The Morgan fingerprint density at radius 3 is 2.76 bits per heavy atom. The van der Waals surface area contributed by atoms with Gasteiger partial charge in [0, 0.05) is 11.3 Å². The SMILES string of the molecule is COc1ccccc1/C=N\NC(=S)Nc1cccc(C)c1. The van der Waals surface area contributed by atoms with E-state index in [1.165, 1.54) is 5.56 Å². The number of methoxy groups -OCH3 is 1. The van der Waals surface area contributed by atoms with Gasteiger partial charge in [-0.05, 0) is 49.0 Å². The lowest BCUT2D eigenvalue weighted by Crippen LogP contribution is -2.23. The summed E-state index contributed by atoms with van der Waals surface area (Å²) in [5, 5.41) is 7.62. The normalized spacial score (nSPS) is 10.4. The third-order valence-electron chi connectivity index (χ3n) is 2.78. The maximum absolute atomic E-state index is 5.24. The van der Waals surface area contributed by atoms with E-state index in [0.29, 0.717) is 5.11 Å². The molecule has 0 bridgehead atoms. The van der Waals surface area contributed by atoms with Gasteiger partial charge in [-0.2, -0.15) is 5.10 Å². The molecule has 0 aromatic heterocycles. The number of aryl methyl sites for hydroxylation is 1. The Labute approximate surface area is 129 Å². The smallest absolute Gasteiger partial charge is 0.191 e. The summed E-state index contributed by atoms with van der Waals surface area (Å²) in [5.41, 5.74) is 5.76. The maximum Gasteiger partial charge on any atom is 0.191 e. The van der Waals surface area contributed by atoms with E-state index in [4.69, 9.17) is 17.0 Å². The van der Waals surface area contributed by atoms with Crippen LogP contribution in [0.3, 0.4) is 0 Å². The number of thiocarbonyl (C=S) groups is 1. The van der Waals surface area contributed by atoms with Crippen LogP contribution in [0.2, 0.25) is 0 Å². The lowest BCUT2D eigenvalue weighted by atomic mass is 10.2. The number of hydrogen-bond acceptors (Lipinski definition) is 3. The fourth-order valence-corrected chi connectivity index (χ4v) is 1.99. The first-order valence-corrected chi connectivity index (χ1v) is 6.89. The van der Waals surface area contributed by atoms with Gasteiger partial charge in [0.05, 0.1) is 13.3 Å². The van der Waals surface area contributed by atoms with Crippen LogP contribution in [0, 0.1) is 6.92 Å². The van der Waals surface area contributed by atoms with Crippen LogP contribution in [-0.2, 0) is 0 Å². The average Bonchev–Trinajstić information content (AvgIpc) is 2.47. The molecular formula is C16H17N3OS. The van der Waals surface area contributed by atoms with Gasteiger partial charge >= 0.3 is 0 Å². The minimum atomic E-state index is 0.437. The quantitative estimate of drug-likeness (QED) is 0.516. The summed E-state index contributed by atoms with van der Waals surface area (Å²) in [6.07, 6.45) is 1.67. The van der Waals surface area contributed by atoms with Crippen LogP contribution in [-0.4, -0.2) is 18.4 Å². The van der Waals surface area contributed by atoms with E-state index in [-0.39, 0.29) is 0 Å². The van der Waals surface area contributed by atoms with Crippen molar-refractivity contribution in [2.45, 2.75) is 6.92 Å². The molecule has 2 aromatic rings. The second kappa shape index (κ2) is 7.40. The standard InChI is InChI=1S/C16H17N3OS/c1-12-6-5-8-14(10-12)18-16(21)19-17-11-13-7-3-4-9-15(13)20-2/h3-11H,1-2H3,(H2,18,19,21)/b17-11-. The third kappa shape index (κ3) is 4.57. The Bertz CT molecular complexity index is 655. The van der Waals surface area contributed by atoms with Gasteiger partial charge in [0.2, 0.25) is 0 Å². The molecule has 0 heterocycles. The fourth-order valence-electron chi connectivity index (χ4n) is 1.82. The van der Waals surface area contributed by atoms with E-state index in [0.717, 1.165) is 17.0 Å². The van der Waals surface area contributed by atoms with Gasteiger partial charge in [-0.15, -0.1) is 0 Å². The lowest BCUT2D eigenvalue weighted by Gasteiger charge is -2.07. The largest absolute Gasteiger partial charge is 0.496 e. The minimum Gasteiger partial charge on any atom is -0.496 e. The van der Waals surface area contributed by atoms with Gasteiger partial charge in [0.1, 0.15) is 5.75 Å². The Balaban J connectivity index is 1.93. The molecule has 0 spiro atoms. The molecule has 0 saturated heterocycles. The topological polar surface area (TPSA) is 45.6 Å². The molecule has 0 unspecified atom stereocenters. The highest BCUT2D eigenvalue weighted by Gasteiger charge is 1.98. The van der Waals surface area contributed by atoms with Gasteiger partial charge in [-0.3, -0.25) is 5.43 Å². The van der Waals surface area contributed by atoms with Crippen molar-refractivity contribution in [3.8, 4) is 5.75 Å². The van der Waals surface area contributed by atoms with Crippen molar-refractivity contribution in [3.05, 3.63) is 59.7 Å². The molecule has 2 aromatic carbocycles. The van der Waals surface area contributed by atoms with Gasteiger partial charge in [-0.1, -0.05) is 24.3 Å². The van der Waals surface area contributed by atoms with Crippen molar-refractivity contribution in [3.63, 3.8) is 0 Å². The first kappa shape index (κ1) is 15.0. The summed E-state index contributed by atoms with van der Waals surface area (Å²) in [7, 11) is 1.63. The predicted octanol–water partition coefficient (Wildman–Crippen LogP) is 3.32. The van der Waals surface area contributed by atoms with Crippen LogP contribution in [0.5, 0.6) is 5.75 Å². The number of nitrogens with zero attached hydrogens (tertiary/aromatic N) is 1. The maximum atomic E-state index is 5.24. The summed E-state index contributed by atoms with van der Waals surface area (Å²) in [6, 6.07) is 15.6. The van der Waals surface area contributed by atoms with Crippen molar-refractivity contribution in [2.24, 2.45) is 5.10 Å². The second-order valence-corrected chi connectivity index (χ2v) is 4.84. The number of benzene rings is 2. The second-order valence-electron chi connectivity index (χ2n) is 4.44. The van der Waals surface area contributed by atoms with E-state index in [1.54, 1.807) is 13.3 Å². The molecule has 0 saturated carbocycles. The molecule has 0 aliphatic carbocycles. The summed E-state index contributed by atoms with van der Waals surface area (Å²) in [4.78, 5) is 0. The molecule has 0 atom stereocenters. The predicted molar refractivity (Wildman–Crippen MR) is 91.1 cm³/mol. The average molecular weight is 299 g/mol. The van der Waals surface area contributed by atoms with Crippen LogP contribution in [0.1, 0.15) is 11.1 Å². The molecule has 2 N–H and O–H groups in total. The Morgan fingerprint density at radius 1 is 1.19 bits per heavy atom. The first-order chi connectivity index (χ1) is 10.2. The zero-order chi connectivity index (χ0) is 15.1. The van der Waals surface area contributed by atoms with E-state index < -0.39 is 0 Å². The molecule has 0 amide bonds. The number of hydrogen-bond donors (Lipinski definition) is 2. The number of ether oxygens (including phenoxy) is 1. The zero-order valence-corrected chi connectivity index (χ0v) is 12.8. The Hall–Kier alpha value is -2.40. The van der Waals surface area contributed by atoms with E-state index >= 15 is 0 Å². The van der Waals surface area contributed by atoms with Crippen LogP contribution in [0.25, 0.3) is 0 Å². The molecule has 5 heteroatoms. The minimum absolute atomic E-state index is 0.437. The summed E-state index contributed by atoms with van der Waals surface area (Å²) >= 11 is 5.19. The number of hydrazone groups is 1. The van der Waals surface area contributed by atoms with Crippen LogP contribution >= 0.6 is 12.2 Å². The highest BCUT2D eigenvalue weighted by atomic mass is 32.1. The van der Waals surface area contributed by atoms with E-state index in [1.807, 2.05) is 55.5 Å². The molecule has 0 fully saturated rings. The van der Waals surface area contributed by atoms with E-state index in [9.17, 15) is 0 Å². The van der Waals surface area contributed by atoms with Crippen molar-refractivity contribution >= 4 is 29.2 Å². The van der Waals surface area contributed by atoms with Crippen molar-refractivity contribution in [2.75, 3.05) is 12.4 Å². The molecular weight excluding hydrogens is 282 g/mol. The molecule has 0 aliphatic rings. The van der Waals surface area contributed by atoms with Crippen molar-refractivity contribution in [1.82, 2.24) is 5.43 Å². The zero-order valence-electron chi connectivity index (χ0n) is 12.0. The molecule has 21 heavy (non-hydrogen) atoms. The monoisotopic (exact) mass is 299 g/mol. The molecule has 0 aliphatic heterocycles. The number of anilines is 1. The van der Waals surface area contributed by atoms with Gasteiger partial charge in [0.25, 0.3) is 0 Å². The molecule has 0 radical (unpaired) electrons. The van der Waals surface area contributed by atoms with E-state index in [2.05, 4.69) is 15.8 Å². The summed E-state index contributed by atoms with van der Waals surface area (Å²) in [5.74, 6) is 0.764. The van der Waals surface area contributed by atoms with Crippen LogP contribution in [0.4, 0.5) is 5.69 Å². The molecule has 108 valence electrons. The molecule has 2 rings (SSSR count). The van der Waals surface area contributed by atoms with Crippen molar-refractivity contribution in [1.29, 1.82) is 0 Å².